The molecule has 2 aromatic heterocycles. The molecule has 0 N–H and O–H groups in total. The molecule has 0 aliphatic carbocycles. The summed E-state index contributed by atoms with van der Waals surface area (Å²) in [7, 11) is 0. The molecular formula is C6H3ClF2N4. The molecule has 0 fully saturated rings. The minimum Gasteiger partial charge on any atom is -0.277 e. The average molecular weight is 205 g/mol. The zero-order valence-corrected chi connectivity index (χ0v) is 6.91. The lowest BCUT2D eigenvalue weighted by Crippen LogP contribution is -1.95. The zero-order valence-electron chi connectivity index (χ0n) is 6.15. The summed E-state index contributed by atoms with van der Waals surface area (Å²) in [5.41, 5.74) is 0.250. The summed E-state index contributed by atoms with van der Waals surface area (Å²) in [6, 6.07) is 0. The lowest BCUT2D eigenvalue weighted by Gasteiger charge is -1.96. The van der Waals surface area contributed by atoms with Crippen molar-refractivity contribution in [2.45, 2.75) is 6.43 Å². The van der Waals surface area contributed by atoms with E-state index in [1.807, 2.05) is 0 Å². The molecule has 7 heteroatoms. The molecule has 0 unspecified atom stereocenters. The van der Waals surface area contributed by atoms with Crippen molar-refractivity contribution in [2.75, 3.05) is 0 Å². The van der Waals surface area contributed by atoms with Crippen molar-refractivity contribution in [1.29, 1.82) is 0 Å². The first-order valence-electron chi connectivity index (χ1n) is 3.33. The van der Waals surface area contributed by atoms with Crippen LogP contribution in [0.15, 0.2) is 12.4 Å². The summed E-state index contributed by atoms with van der Waals surface area (Å²) in [5.74, 6) is -0.431. The van der Waals surface area contributed by atoms with Crippen LogP contribution in [-0.4, -0.2) is 19.6 Å². The monoisotopic (exact) mass is 204 g/mol. The zero-order chi connectivity index (χ0) is 9.42. The maximum atomic E-state index is 12.3. The van der Waals surface area contributed by atoms with Crippen LogP contribution in [0.3, 0.4) is 0 Å². The number of hydrogen-bond donors (Lipinski definition) is 0. The maximum Gasteiger partial charge on any atom is 0.297 e. The van der Waals surface area contributed by atoms with E-state index in [4.69, 9.17) is 11.6 Å². The normalized spacial score (nSPS) is 11.4. The van der Waals surface area contributed by atoms with E-state index in [1.165, 1.54) is 12.4 Å². The highest BCUT2D eigenvalue weighted by molar-refractivity contribution is 6.29. The molecule has 4 nitrogen and oxygen atoms in total. The molecule has 0 saturated carbocycles. The van der Waals surface area contributed by atoms with Crippen molar-refractivity contribution in [3.05, 3.63) is 23.4 Å². The third kappa shape index (κ3) is 1.33. The molecule has 0 radical (unpaired) electrons. The molecule has 0 aliphatic rings. The number of fused-ring (bicyclic) bond motifs is 1. The van der Waals surface area contributed by atoms with Crippen LogP contribution < -0.4 is 0 Å². The Morgan fingerprint density at radius 3 is 2.85 bits per heavy atom. The van der Waals surface area contributed by atoms with Gasteiger partial charge in [-0.2, -0.15) is 0 Å². The van der Waals surface area contributed by atoms with Crippen LogP contribution in [0.2, 0.25) is 5.15 Å². The van der Waals surface area contributed by atoms with Crippen LogP contribution >= 0.6 is 11.6 Å². The predicted molar refractivity (Wildman–Crippen MR) is 40.7 cm³/mol. The van der Waals surface area contributed by atoms with Crippen molar-refractivity contribution in [3.8, 4) is 0 Å². The van der Waals surface area contributed by atoms with Gasteiger partial charge in [0.15, 0.2) is 5.65 Å². The lowest BCUT2D eigenvalue weighted by molar-refractivity contribution is 0.139. The SMILES string of the molecule is FC(F)c1nnc2cnc(Cl)cn12. The summed E-state index contributed by atoms with van der Waals surface area (Å²) in [4.78, 5) is 3.68. The van der Waals surface area contributed by atoms with E-state index in [-0.39, 0.29) is 10.8 Å². The van der Waals surface area contributed by atoms with Crippen molar-refractivity contribution in [3.63, 3.8) is 0 Å². The Morgan fingerprint density at radius 2 is 2.15 bits per heavy atom. The van der Waals surface area contributed by atoms with Gasteiger partial charge in [-0.1, -0.05) is 11.6 Å². The largest absolute Gasteiger partial charge is 0.297 e. The van der Waals surface area contributed by atoms with Crippen LogP contribution in [0.5, 0.6) is 0 Å². The van der Waals surface area contributed by atoms with Gasteiger partial charge in [-0.05, 0) is 0 Å². The molecule has 0 saturated heterocycles. The summed E-state index contributed by atoms with van der Waals surface area (Å²) in [5, 5.41) is 6.91. The Bertz CT molecular complexity index is 441. The van der Waals surface area contributed by atoms with E-state index >= 15 is 0 Å². The van der Waals surface area contributed by atoms with Gasteiger partial charge in [0.2, 0.25) is 5.82 Å². The van der Waals surface area contributed by atoms with Gasteiger partial charge >= 0.3 is 0 Å². The Balaban J connectivity index is 2.71. The molecule has 68 valence electrons. The van der Waals surface area contributed by atoms with Crippen molar-refractivity contribution in [1.82, 2.24) is 19.6 Å². The van der Waals surface area contributed by atoms with E-state index in [0.29, 0.717) is 0 Å². The number of hydrogen-bond acceptors (Lipinski definition) is 3. The molecule has 0 aliphatic heterocycles. The maximum absolute atomic E-state index is 12.3. The highest BCUT2D eigenvalue weighted by atomic mass is 35.5. The highest BCUT2D eigenvalue weighted by Crippen LogP contribution is 2.17. The molecule has 2 heterocycles. The van der Waals surface area contributed by atoms with E-state index in [9.17, 15) is 8.78 Å². The number of alkyl halides is 2. The molecule has 0 aromatic carbocycles. The van der Waals surface area contributed by atoms with E-state index < -0.39 is 12.2 Å². The minimum atomic E-state index is -2.67. The van der Waals surface area contributed by atoms with Crippen molar-refractivity contribution < 1.29 is 8.78 Å². The van der Waals surface area contributed by atoms with E-state index in [1.54, 1.807) is 0 Å². The molecule has 13 heavy (non-hydrogen) atoms. The fourth-order valence-electron chi connectivity index (χ4n) is 0.945. The molecule has 2 rings (SSSR count). The predicted octanol–water partition coefficient (Wildman–Crippen LogP) is 1.72. The summed E-state index contributed by atoms with van der Waals surface area (Å²) in [6.45, 7) is 0. The van der Waals surface area contributed by atoms with Gasteiger partial charge < -0.3 is 0 Å². The summed E-state index contributed by atoms with van der Waals surface area (Å²) < 4.78 is 25.7. The molecule has 0 amide bonds. The molecule has 0 atom stereocenters. The smallest absolute Gasteiger partial charge is 0.277 e. The average Bonchev–Trinajstić information content (AvgIpc) is 2.46. The van der Waals surface area contributed by atoms with Gasteiger partial charge in [0.05, 0.1) is 6.20 Å². The van der Waals surface area contributed by atoms with Gasteiger partial charge in [-0.25, -0.2) is 13.8 Å². The first kappa shape index (κ1) is 8.31. The minimum absolute atomic E-state index is 0.120. The second kappa shape index (κ2) is 2.88. The Morgan fingerprint density at radius 1 is 1.38 bits per heavy atom. The van der Waals surface area contributed by atoms with E-state index in [2.05, 4.69) is 15.2 Å². The quantitative estimate of drug-likeness (QED) is 0.710. The Hall–Kier alpha value is -1.30. The number of rotatable bonds is 1. The van der Waals surface area contributed by atoms with Crippen LogP contribution in [0.25, 0.3) is 5.65 Å². The van der Waals surface area contributed by atoms with Gasteiger partial charge in [0.1, 0.15) is 5.15 Å². The standard InChI is InChI=1S/C6H3ClF2N4/c7-3-2-13-4(1-10-3)11-12-6(13)5(8)9/h1-2,5H. The summed E-state index contributed by atoms with van der Waals surface area (Å²) >= 11 is 5.52. The number of nitrogens with zero attached hydrogens (tertiary/aromatic N) is 4. The van der Waals surface area contributed by atoms with Gasteiger partial charge in [0.25, 0.3) is 6.43 Å². The first-order chi connectivity index (χ1) is 6.18. The van der Waals surface area contributed by atoms with Crippen molar-refractivity contribution in [2.24, 2.45) is 0 Å². The fraction of sp³-hybridized carbons (Fsp3) is 0.167. The fourth-order valence-corrected chi connectivity index (χ4v) is 1.09. The molecule has 0 bridgehead atoms. The van der Waals surface area contributed by atoms with Crippen LogP contribution in [0.1, 0.15) is 12.2 Å². The lowest BCUT2D eigenvalue weighted by atomic mass is 10.6. The number of aromatic nitrogens is 4. The third-order valence-electron chi connectivity index (χ3n) is 1.48. The molecule has 2 aromatic rings. The number of halogens is 3. The summed E-state index contributed by atoms with van der Waals surface area (Å²) in [6.07, 6.45) is -0.145. The van der Waals surface area contributed by atoms with E-state index in [0.717, 1.165) is 4.40 Å². The first-order valence-corrected chi connectivity index (χ1v) is 3.70. The third-order valence-corrected chi connectivity index (χ3v) is 1.68. The Kier molecular flexibility index (Phi) is 1.84. The molecular weight excluding hydrogens is 202 g/mol. The highest BCUT2D eigenvalue weighted by Gasteiger charge is 2.15. The van der Waals surface area contributed by atoms with Crippen LogP contribution in [-0.2, 0) is 0 Å². The Labute approximate surface area is 76.2 Å². The van der Waals surface area contributed by atoms with Gasteiger partial charge in [-0.3, -0.25) is 4.40 Å². The topological polar surface area (TPSA) is 43.1 Å². The van der Waals surface area contributed by atoms with Gasteiger partial charge in [-0.15, -0.1) is 10.2 Å². The van der Waals surface area contributed by atoms with Crippen LogP contribution in [0, 0.1) is 0 Å². The van der Waals surface area contributed by atoms with Crippen LogP contribution in [0.4, 0.5) is 8.78 Å². The molecule has 0 spiro atoms. The van der Waals surface area contributed by atoms with Gasteiger partial charge in [0, 0.05) is 6.20 Å². The second-order valence-corrected chi connectivity index (χ2v) is 2.68. The van der Waals surface area contributed by atoms with Crippen molar-refractivity contribution >= 4 is 17.2 Å². The second-order valence-electron chi connectivity index (χ2n) is 2.30.